The van der Waals surface area contributed by atoms with Crippen LogP contribution in [0.4, 0.5) is 28.4 Å². The summed E-state index contributed by atoms with van der Waals surface area (Å²) in [5, 5.41) is 35.0. The maximum Gasteiger partial charge on any atom is 0.301 e. The number of hydrogen-bond donors (Lipinski definition) is 1. The maximum absolute atomic E-state index is 14.6. The molecule has 2 aliphatic heterocycles. The average molecular weight is 822 g/mol. The second-order valence-corrected chi connectivity index (χ2v) is 15.0. The first-order chi connectivity index (χ1) is 24.6. The van der Waals surface area contributed by atoms with Gasteiger partial charge in [-0.3, -0.25) is 39.4 Å². The predicted molar refractivity (Wildman–Crippen MR) is 195 cm³/mol. The number of carbonyl (C=O) groups is 4. The topological polar surface area (TPSA) is 194 Å². The van der Waals surface area contributed by atoms with E-state index in [-0.39, 0.29) is 35.7 Å². The molecule has 15 nitrogen and oxygen atoms in total. The maximum atomic E-state index is 14.6. The number of ether oxygens (including phenoxy) is 1. The lowest BCUT2D eigenvalue weighted by atomic mass is 9.51. The number of amides is 4. The smallest absolute Gasteiger partial charge is 0.301 e. The molecule has 0 aromatic heterocycles. The number of anilines is 3. The molecular formula is C36H32IN5O10. The number of imide groups is 2. The fraction of sp³-hybridized carbons (Fsp3) is 0.333. The highest BCUT2D eigenvalue weighted by Crippen LogP contribution is 2.64. The van der Waals surface area contributed by atoms with Crippen LogP contribution in [0.1, 0.15) is 31.2 Å². The lowest BCUT2D eigenvalue weighted by Gasteiger charge is -2.49. The summed E-state index contributed by atoms with van der Waals surface area (Å²) >= 11 is 1.95. The Morgan fingerprint density at radius 3 is 2.12 bits per heavy atom. The largest absolute Gasteiger partial charge is 0.504 e. The standard InChI is InChI=1S/C36H32IN5O10/c1-36-23(33(45)40(35(36)47)18-8-6-5-7-9-18)16-22-20(29(36)17-12-24(37)31(43)27(13-17)52-4)10-11-21-28(22)34(46)39(32(21)44)19-14-25(41(48)49)30(38(2)3)26(15-19)42(50)51/h5-10,12-15,21-23,28-29,43H,11,16H2,1-4H3/t21-,22+,23-,28-,29-,36+/m0/s1. The summed E-state index contributed by atoms with van der Waals surface area (Å²) in [6.45, 7) is 1.74. The molecule has 2 heterocycles. The first-order valence-electron chi connectivity index (χ1n) is 16.3. The highest BCUT2D eigenvalue weighted by atomic mass is 127. The molecule has 1 saturated carbocycles. The van der Waals surface area contributed by atoms with Gasteiger partial charge in [-0.2, -0.15) is 0 Å². The molecule has 4 amide bonds. The molecule has 2 saturated heterocycles. The van der Waals surface area contributed by atoms with E-state index in [1.807, 2.05) is 28.7 Å². The molecule has 3 fully saturated rings. The number of allylic oxidation sites excluding steroid dienone is 2. The van der Waals surface area contributed by atoms with Crippen LogP contribution in [0.2, 0.25) is 0 Å². The number of phenolic OH excluding ortho intramolecular Hbond substituents is 1. The third-order valence-corrected chi connectivity index (χ3v) is 11.9. The Bertz CT molecular complexity index is 2120. The summed E-state index contributed by atoms with van der Waals surface area (Å²) < 4.78 is 5.91. The number of benzene rings is 3. The molecule has 52 heavy (non-hydrogen) atoms. The van der Waals surface area contributed by atoms with Crippen LogP contribution in [0.15, 0.2) is 66.2 Å². The molecule has 3 aromatic carbocycles. The van der Waals surface area contributed by atoms with Crippen molar-refractivity contribution in [2.24, 2.45) is 29.1 Å². The number of aromatic hydroxyl groups is 1. The Labute approximate surface area is 310 Å². The summed E-state index contributed by atoms with van der Waals surface area (Å²) in [6.07, 6.45) is 1.96. The molecule has 2 aliphatic carbocycles. The molecule has 7 rings (SSSR count). The van der Waals surface area contributed by atoms with Gasteiger partial charge in [0.05, 0.1) is 55.1 Å². The average Bonchev–Trinajstić information content (AvgIpc) is 3.48. The van der Waals surface area contributed by atoms with Crippen LogP contribution >= 0.6 is 22.6 Å². The van der Waals surface area contributed by atoms with Gasteiger partial charge in [-0.1, -0.05) is 29.8 Å². The first kappa shape index (κ1) is 35.0. The third-order valence-electron chi connectivity index (χ3n) is 11.0. The van der Waals surface area contributed by atoms with Crippen LogP contribution in [0.3, 0.4) is 0 Å². The van der Waals surface area contributed by atoms with Crippen LogP contribution in [0.5, 0.6) is 11.5 Å². The highest BCUT2D eigenvalue weighted by molar-refractivity contribution is 14.1. The van der Waals surface area contributed by atoms with E-state index in [1.165, 1.54) is 31.0 Å². The van der Waals surface area contributed by atoms with E-state index in [0.717, 1.165) is 17.0 Å². The van der Waals surface area contributed by atoms with Gasteiger partial charge in [0, 0.05) is 32.1 Å². The van der Waals surface area contributed by atoms with E-state index in [2.05, 4.69) is 0 Å². The summed E-state index contributed by atoms with van der Waals surface area (Å²) in [6, 6.07) is 13.8. The van der Waals surface area contributed by atoms with E-state index >= 15 is 0 Å². The van der Waals surface area contributed by atoms with Gasteiger partial charge in [-0.05, 0) is 78.1 Å². The van der Waals surface area contributed by atoms with Crippen molar-refractivity contribution in [3.05, 3.63) is 95.6 Å². The Morgan fingerprint density at radius 1 is 0.904 bits per heavy atom. The number of nitrogens with zero attached hydrogens (tertiary/aromatic N) is 5. The van der Waals surface area contributed by atoms with Crippen molar-refractivity contribution in [1.29, 1.82) is 0 Å². The highest BCUT2D eigenvalue weighted by Gasteiger charge is 2.67. The number of halogens is 1. The summed E-state index contributed by atoms with van der Waals surface area (Å²) in [5.74, 6) is -6.61. The Hall–Kier alpha value is -5.39. The summed E-state index contributed by atoms with van der Waals surface area (Å²) in [7, 11) is 4.22. The van der Waals surface area contributed by atoms with Crippen molar-refractivity contribution in [2.45, 2.75) is 25.7 Å². The number of carbonyl (C=O) groups excluding carboxylic acids is 4. The number of rotatable bonds is 7. The minimum Gasteiger partial charge on any atom is -0.504 e. The lowest BCUT2D eigenvalue weighted by molar-refractivity contribution is -0.392. The van der Waals surface area contributed by atoms with E-state index in [9.17, 15) is 44.5 Å². The molecule has 4 aliphatic rings. The molecule has 0 spiro atoms. The van der Waals surface area contributed by atoms with Crippen LogP contribution in [-0.4, -0.2) is 59.8 Å². The van der Waals surface area contributed by atoms with Crippen LogP contribution in [0, 0.1) is 52.9 Å². The number of fused-ring (bicyclic) bond motifs is 4. The normalized spacial score (nSPS) is 26.5. The van der Waals surface area contributed by atoms with E-state index < -0.39 is 79.9 Å². The van der Waals surface area contributed by atoms with Crippen molar-refractivity contribution in [3.63, 3.8) is 0 Å². The Balaban J connectivity index is 1.38. The molecule has 3 aromatic rings. The summed E-state index contributed by atoms with van der Waals surface area (Å²) in [5.41, 5.74) is -1.61. The van der Waals surface area contributed by atoms with Gasteiger partial charge in [-0.25, -0.2) is 9.80 Å². The van der Waals surface area contributed by atoms with Gasteiger partial charge < -0.3 is 14.7 Å². The zero-order chi connectivity index (χ0) is 37.5. The van der Waals surface area contributed by atoms with Gasteiger partial charge in [0.15, 0.2) is 17.2 Å². The van der Waals surface area contributed by atoms with Crippen molar-refractivity contribution < 1.29 is 38.9 Å². The Kier molecular flexibility index (Phi) is 8.34. The zero-order valence-electron chi connectivity index (χ0n) is 28.3. The number of phenols is 1. The number of hydrogen-bond acceptors (Lipinski definition) is 11. The van der Waals surface area contributed by atoms with Gasteiger partial charge in [0.2, 0.25) is 23.6 Å². The fourth-order valence-corrected chi connectivity index (χ4v) is 9.47. The van der Waals surface area contributed by atoms with Gasteiger partial charge in [-0.15, -0.1) is 0 Å². The third kappa shape index (κ3) is 4.90. The van der Waals surface area contributed by atoms with Crippen molar-refractivity contribution in [1.82, 2.24) is 0 Å². The molecule has 0 radical (unpaired) electrons. The number of nitro benzene ring substituents is 2. The predicted octanol–water partition coefficient (Wildman–Crippen LogP) is 5.32. The quantitative estimate of drug-likeness (QED) is 0.107. The molecular weight excluding hydrogens is 789 g/mol. The molecule has 268 valence electrons. The minimum absolute atomic E-state index is 0.0486. The monoisotopic (exact) mass is 821 g/mol. The second kappa shape index (κ2) is 12.4. The molecule has 6 atom stereocenters. The van der Waals surface area contributed by atoms with Gasteiger partial charge in [0.25, 0.3) is 0 Å². The molecule has 0 bridgehead atoms. The van der Waals surface area contributed by atoms with Crippen LogP contribution < -0.4 is 19.4 Å². The molecule has 1 N–H and O–H groups in total. The van der Waals surface area contributed by atoms with Gasteiger partial charge in [0.1, 0.15) is 0 Å². The molecule has 0 unspecified atom stereocenters. The van der Waals surface area contributed by atoms with Crippen molar-refractivity contribution in [2.75, 3.05) is 35.9 Å². The fourth-order valence-electron chi connectivity index (χ4n) is 8.84. The second-order valence-electron chi connectivity index (χ2n) is 13.8. The number of para-hydroxylation sites is 1. The van der Waals surface area contributed by atoms with E-state index in [4.69, 9.17) is 4.74 Å². The SMILES string of the molecule is COc1cc([C@H]2C3=CC[C@@H]4C(=O)N(c5cc([N+](=O)[O-])c(N(C)C)c([N+](=O)[O-])c5)C(=O)[C@@H]4[C@@H]3C[C@H]3C(=O)N(c4ccccc4)C(=O)[C@@]23C)cc(I)c1O. The first-order valence-corrected chi connectivity index (χ1v) is 17.4. The Morgan fingerprint density at radius 2 is 1.54 bits per heavy atom. The number of methoxy groups -OCH3 is 1. The summed E-state index contributed by atoms with van der Waals surface area (Å²) in [4.78, 5) is 83.5. The van der Waals surface area contributed by atoms with Crippen molar-refractivity contribution >= 4 is 74.7 Å². The van der Waals surface area contributed by atoms with E-state index in [0.29, 0.717) is 20.4 Å². The van der Waals surface area contributed by atoms with Gasteiger partial charge >= 0.3 is 11.4 Å². The van der Waals surface area contributed by atoms with E-state index in [1.54, 1.807) is 49.4 Å². The minimum atomic E-state index is -1.35. The lowest BCUT2D eigenvalue weighted by Crippen LogP contribution is -2.48. The van der Waals surface area contributed by atoms with Crippen LogP contribution in [0.25, 0.3) is 0 Å². The van der Waals surface area contributed by atoms with Crippen LogP contribution in [-0.2, 0) is 19.2 Å². The van der Waals surface area contributed by atoms with Crippen molar-refractivity contribution in [3.8, 4) is 11.5 Å². The number of nitro groups is 2. The molecule has 16 heteroatoms. The zero-order valence-corrected chi connectivity index (χ0v) is 30.5.